The first-order valence-electron chi connectivity index (χ1n) is 12.0. The molecule has 192 valence electrons. The number of rotatable bonds is 5. The second kappa shape index (κ2) is 12.1. The smallest absolute Gasteiger partial charge is 0.253 e. The molecular formula is C28H31FN6O2. The lowest BCUT2D eigenvalue weighted by Gasteiger charge is -2.36. The molecule has 0 saturated carbocycles. The van der Waals surface area contributed by atoms with Crippen molar-refractivity contribution in [1.82, 2.24) is 14.9 Å². The van der Waals surface area contributed by atoms with Gasteiger partial charge in [0.2, 0.25) is 6.41 Å². The second-order valence-electron chi connectivity index (χ2n) is 9.20. The Morgan fingerprint density at radius 1 is 1.16 bits per heavy atom. The van der Waals surface area contributed by atoms with Gasteiger partial charge in [-0.3, -0.25) is 14.6 Å². The lowest BCUT2D eigenvalue weighted by molar-refractivity contribution is -0.106. The van der Waals surface area contributed by atoms with E-state index in [0.717, 1.165) is 22.5 Å². The number of anilines is 1. The van der Waals surface area contributed by atoms with E-state index in [1.807, 2.05) is 49.5 Å². The Kier molecular flexibility index (Phi) is 8.90. The van der Waals surface area contributed by atoms with Crippen LogP contribution in [0.15, 0.2) is 54.9 Å². The zero-order chi connectivity index (χ0) is 27.0. The summed E-state index contributed by atoms with van der Waals surface area (Å²) in [6.45, 7) is 6.73. The fourth-order valence-electron chi connectivity index (χ4n) is 4.23. The van der Waals surface area contributed by atoms with Crippen molar-refractivity contribution in [2.45, 2.75) is 45.3 Å². The second-order valence-corrected chi connectivity index (χ2v) is 9.20. The zero-order valence-electron chi connectivity index (χ0n) is 21.2. The summed E-state index contributed by atoms with van der Waals surface area (Å²) < 4.78 is 15.5. The third-order valence-electron chi connectivity index (χ3n) is 6.19. The van der Waals surface area contributed by atoms with Gasteiger partial charge in [0.05, 0.1) is 11.3 Å². The molecule has 1 saturated heterocycles. The Hall–Kier alpha value is -4.32. The summed E-state index contributed by atoms with van der Waals surface area (Å²) >= 11 is 0. The first kappa shape index (κ1) is 27.3. The number of nitrogens with two attached hydrogens (primary N) is 1. The van der Waals surface area contributed by atoms with Crippen molar-refractivity contribution in [3.63, 3.8) is 0 Å². The van der Waals surface area contributed by atoms with Crippen LogP contribution in [-0.2, 0) is 10.5 Å². The maximum Gasteiger partial charge on any atom is 0.253 e. The summed E-state index contributed by atoms with van der Waals surface area (Å²) in [5, 5.41) is 12.2. The number of nitrogens with one attached hydrogen (secondary N) is 1. The van der Waals surface area contributed by atoms with E-state index < -0.39 is 5.67 Å². The molecule has 0 radical (unpaired) electrons. The number of aryl methyl sites for hydroxylation is 1. The third kappa shape index (κ3) is 6.67. The molecule has 2 aromatic heterocycles. The van der Waals surface area contributed by atoms with Crippen LogP contribution in [0.3, 0.4) is 0 Å². The van der Waals surface area contributed by atoms with Crippen molar-refractivity contribution < 1.29 is 14.0 Å². The first-order valence-corrected chi connectivity index (χ1v) is 12.0. The highest BCUT2D eigenvalue weighted by molar-refractivity contribution is 5.96. The van der Waals surface area contributed by atoms with Crippen LogP contribution in [0.2, 0.25) is 0 Å². The Morgan fingerprint density at radius 3 is 2.41 bits per heavy atom. The van der Waals surface area contributed by atoms with Crippen LogP contribution in [0.25, 0.3) is 11.1 Å². The van der Waals surface area contributed by atoms with E-state index in [0.29, 0.717) is 36.0 Å². The van der Waals surface area contributed by atoms with E-state index in [1.165, 1.54) is 6.20 Å². The average molecular weight is 503 g/mol. The first-order chi connectivity index (χ1) is 17.7. The van der Waals surface area contributed by atoms with E-state index in [2.05, 4.69) is 34.9 Å². The predicted molar refractivity (Wildman–Crippen MR) is 140 cm³/mol. The van der Waals surface area contributed by atoms with Crippen LogP contribution in [-0.4, -0.2) is 46.3 Å². The molecule has 1 aromatic carbocycles. The lowest BCUT2D eigenvalue weighted by Crippen LogP contribution is -2.43. The molecule has 1 aliphatic heterocycles. The quantitative estimate of drug-likeness (QED) is 0.500. The van der Waals surface area contributed by atoms with Crippen molar-refractivity contribution in [3.05, 3.63) is 77.2 Å². The highest BCUT2D eigenvalue weighted by Gasteiger charge is 2.39. The number of primary amides is 1. The molecule has 37 heavy (non-hydrogen) atoms. The van der Waals surface area contributed by atoms with E-state index >= 15 is 4.39 Å². The fourth-order valence-corrected chi connectivity index (χ4v) is 4.23. The zero-order valence-corrected chi connectivity index (χ0v) is 21.2. The summed E-state index contributed by atoms with van der Waals surface area (Å²) in [5.41, 5.74) is 6.81. The summed E-state index contributed by atoms with van der Waals surface area (Å²) in [4.78, 5) is 32.1. The topological polar surface area (TPSA) is 125 Å². The molecular weight excluding hydrogens is 471 g/mol. The number of pyridine rings is 2. The van der Waals surface area contributed by atoms with Crippen molar-refractivity contribution >= 4 is 18.1 Å². The highest BCUT2D eigenvalue weighted by atomic mass is 19.1. The van der Waals surface area contributed by atoms with E-state index in [-0.39, 0.29) is 25.2 Å². The van der Waals surface area contributed by atoms with Crippen molar-refractivity contribution in [3.8, 4) is 17.2 Å². The third-order valence-corrected chi connectivity index (χ3v) is 6.19. The molecule has 0 bridgehead atoms. The Bertz CT molecular complexity index is 1260. The number of amides is 2. The summed E-state index contributed by atoms with van der Waals surface area (Å²) in [6.07, 6.45) is 3.79. The molecule has 0 atom stereocenters. The molecule has 3 heterocycles. The minimum absolute atomic E-state index is 0.109. The number of piperidine rings is 1. The van der Waals surface area contributed by atoms with Crippen LogP contribution >= 0.6 is 0 Å². The Labute approximate surface area is 216 Å². The number of alkyl halides is 1. The van der Waals surface area contributed by atoms with Gasteiger partial charge in [-0.15, -0.1) is 0 Å². The minimum Gasteiger partial charge on any atom is -0.372 e. The molecule has 8 nitrogen and oxygen atoms in total. The number of nitrogens with zero attached hydrogens (tertiary/aromatic N) is 4. The van der Waals surface area contributed by atoms with Crippen LogP contribution < -0.4 is 11.1 Å². The van der Waals surface area contributed by atoms with E-state index in [4.69, 9.17) is 10.1 Å². The molecule has 2 amide bonds. The van der Waals surface area contributed by atoms with Crippen molar-refractivity contribution in [2.24, 2.45) is 5.73 Å². The normalized spacial score (nSPS) is 14.2. The van der Waals surface area contributed by atoms with Gasteiger partial charge in [-0.1, -0.05) is 6.07 Å². The molecule has 1 aliphatic rings. The minimum atomic E-state index is -1.60. The van der Waals surface area contributed by atoms with Crippen LogP contribution in [0.4, 0.5) is 10.2 Å². The van der Waals surface area contributed by atoms with Gasteiger partial charge in [-0.05, 0) is 68.3 Å². The molecule has 0 unspecified atom stereocenters. The summed E-state index contributed by atoms with van der Waals surface area (Å²) in [6, 6.07) is 15.0. The van der Waals surface area contributed by atoms with Crippen LogP contribution in [0.1, 0.15) is 53.9 Å². The van der Waals surface area contributed by atoms with Crippen molar-refractivity contribution in [2.75, 3.05) is 18.4 Å². The number of halogens is 1. The largest absolute Gasteiger partial charge is 0.372 e. The maximum absolute atomic E-state index is 15.5. The maximum atomic E-state index is 15.5. The predicted octanol–water partition coefficient (Wildman–Crippen LogP) is 4.35. The van der Waals surface area contributed by atoms with Gasteiger partial charge in [0, 0.05) is 55.5 Å². The molecule has 9 heteroatoms. The van der Waals surface area contributed by atoms with Crippen LogP contribution in [0, 0.1) is 18.3 Å². The summed E-state index contributed by atoms with van der Waals surface area (Å²) in [7, 11) is 0. The Balaban J connectivity index is 0.00000121. The number of hydrogen-bond donors (Lipinski definition) is 2. The number of likely N-dealkylation sites (tertiary alicyclic amines) is 1. The Morgan fingerprint density at radius 2 is 1.86 bits per heavy atom. The number of benzene rings is 1. The van der Waals surface area contributed by atoms with Gasteiger partial charge >= 0.3 is 0 Å². The van der Waals surface area contributed by atoms with Gasteiger partial charge in [-0.25, -0.2) is 9.37 Å². The van der Waals surface area contributed by atoms with E-state index in [9.17, 15) is 4.79 Å². The molecule has 0 aliphatic carbocycles. The lowest BCUT2D eigenvalue weighted by atomic mass is 9.89. The number of nitriles is 1. The number of aromatic nitrogens is 2. The molecule has 3 N–H and O–H groups in total. The molecule has 3 aromatic rings. The van der Waals surface area contributed by atoms with Gasteiger partial charge in [-0.2, -0.15) is 5.26 Å². The van der Waals surface area contributed by atoms with Crippen LogP contribution in [0.5, 0.6) is 0 Å². The number of carbonyl (C=O) groups excluding carboxylic acids is 2. The molecule has 1 fully saturated rings. The number of carbonyl (C=O) groups is 2. The molecule has 4 rings (SSSR count). The fraction of sp³-hybridized carbons (Fsp3) is 0.321. The van der Waals surface area contributed by atoms with Gasteiger partial charge < -0.3 is 16.0 Å². The van der Waals surface area contributed by atoms with E-state index in [1.54, 1.807) is 17.0 Å². The average Bonchev–Trinajstić information content (AvgIpc) is 2.90. The van der Waals surface area contributed by atoms with Gasteiger partial charge in [0.15, 0.2) is 5.67 Å². The summed E-state index contributed by atoms with van der Waals surface area (Å²) in [5.74, 6) is 0.700. The van der Waals surface area contributed by atoms with Gasteiger partial charge in [0.1, 0.15) is 11.9 Å². The van der Waals surface area contributed by atoms with Crippen molar-refractivity contribution in [1.29, 1.82) is 5.26 Å². The molecule has 0 spiro atoms. The standard InChI is InChI=1S/C27H28FN5O.CH3NO/c1-18(2)32-25-9-7-22(17-31-25)23-14-21(6-4-19(23)3)26(34)33-12-10-27(28,11-13-33)24-8-5-20(15-29)16-30-24;2-1-3/h4-9,14,16-18H,10-13H2,1-3H3,(H,31,32);1H,(H2,2,3). The number of hydrogen-bond acceptors (Lipinski definition) is 6. The van der Waals surface area contributed by atoms with Gasteiger partial charge in [0.25, 0.3) is 5.91 Å². The highest BCUT2D eigenvalue weighted by Crippen LogP contribution is 2.36. The SMILES string of the molecule is Cc1ccc(C(=O)N2CCC(F)(c3ccc(C#N)cn3)CC2)cc1-c1ccc(NC(C)C)nc1.NC=O. The monoisotopic (exact) mass is 502 g/mol.